The van der Waals surface area contributed by atoms with Crippen LogP contribution in [-0.2, 0) is 7.05 Å². The van der Waals surface area contributed by atoms with Crippen molar-refractivity contribution in [2.75, 3.05) is 11.4 Å². The van der Waals surface area contributed by atoms with Crippen LogP contribution in [0.4, 0.5) is 5.69 Å². The predicted molar refractivity (Wildman–Crippen MR) is 82.9 cm³/mol. The first kappa shape index (κ1) is 15.1. The largest absolute Gasteiger partial charge is 0.508 e. The topological polar surface area (TPSA) is 58.4 Å². The van der Waals surface area contributed by atoms with Crippen LogP contribution in [0.5, 0.6) is 5.75 Å². The summed E-state index contributed by atoms with van der Waals surface area (Å²) < 4.78 is 1.71. The van der Waals surface area contributed by atoms with Gasteiger partial charge in [0.25, 0.3) is 5.91 Å². The second-order valence-corrected chi connectivity index (χ2v) is 5.19. The van der Waals surface area contributed by atoms with Gasteiger partial charge in [-0.1, -0.05) is 6.07 Å². The van der Waals surface area contributed by atoms with Crippen LogP contribution in [0.15, 0.2) is 18.2 Å². The highest BCUT2D eigenvalue weighted by atomic mass is 16.3. The summed E-state index contributed by atoms with van der Waals surface area (Å²) in [5, 5.41) is 14.0. The quantitative estimate of drug-likeness (QED) is 0.944. The Morgan fingerprint density at radius 3 is 2.52 bits per heavy atom. The molecule has 1 amide bonds. The molecule has 0 aliphatic heterocycles. The van der Waals surface area contributed by atoms with Crippen molar-refractivity contribution in [1.29, 1.82) is 0 Å². The number of aromatic nitrogens is 2. The Kier molecular flexibility index (Phi) is 4.02. The van der Waals surface area contributed by atoms with Gasteiger partial charge in [-0.05, 0) is 39.3 Å². The minimum Gasteiger partial charge on any atom is -0.508 e. The van der Waals surface area contributed by atoms with Gasteiger partial charge in [0.15, 0.2) is 0 Å². The molecule has 1 aromatic heterocycles. The zero-order chi connectivity index (χ0) is 15.7. The summed E-state index contributed by atoms with van der Waals surface area (Å²) in [5.74, 6) is 0.0655. The molecular weight excluding hydrogens is 266 g/mol. The molecule has 0 spiro atoms. The summed E-state index contributed by atoms with van der Waals surface area (Å²) in [5.41, 5.74) is 3.86. The first-order chi connectivity index (χ1) is 9.86. The molecule has 0 atom stereocenters. The third-order valence-electron chi connectivity index (χ3n) is 3.77. The van der Waals surface area contributed by atoms with E-state index in [9.17, 15) is 9.90 Å². The van der Waals surface area contributed by atoms with E-state index in [0.29, 0.717) is 12.1 Å². The van der Waals surface area contributed by atoms with Crippen molar-refractivity contribution in [1.82, 2.24) is 9.78 Å². The van der Waals surface area contributed by atoms with Crippen molar-refractivity contribution in [3.05, 3.63) is 40.7 Å². The lowest BCUT2D eigenvalue weighted by molar-refractivity contribution is 0.0987. The smallest absolute Gasteiger partial charge is 0.262 e. The molecule has 0 unspecified atom stereocenters. The zero-order valence-corrected chi connectivity index (χ0v) is 13.1. The second kappa shape index (κ2) is 5.60. The number of hydrogen-bond donors (Lipinski definition) is 1. The van der Waals surface area contributed by atoms with Gasteiger partial charge in [-0.25, -0.2) is 0 Å². The van der Waals surface area contributed by atoms with Crippen LogP contribution in [0.25, 0.3) is 0 Å². The van der Waals surface area contributed by atoms with Gasteiger partial charge in [0, 0.05) is 25.4 Å². The highest BCUT2D eigenvalue weighted by Gasteiger charge is 2.24. The molecule has 0 radical (unpaired) electrons. The number of phenols is 1. The van der Waals surface area contributed by atoms with Crippen LogP contribution in [0.2, 0.25) is 0 Å². The molecule has 1 heterocycles. The third kappa shape index (κ3) is 2.63. The van der Waals surface area contributed by atoms with Gasteiger partial charge in [0.05, 0.1) is 16.9 Å². The number of anilines is 1. The van der Waals surface area contributed by atoms with Crippen molar-refractivity contribution in [3.8, 4) is 5.75 Å². The number of aryl methyl sites for hydroxylation is 3. The Labute approximate surface area is 124 Å². The normalized spacial score (nSPS) is 10.7. The number of amides is 1. The van der Waals surface area contributed by atoms with Crippen LogP contribution < -0.4 is 4.90 Å². The maximum Gasteiger partial charge on any atom is 0.262 e. The van der Waals surface area contributed by atoms with E-state index in [1.165, 1.54) is 0 Å². The summed E-state index contributed by atoms with van der Waals surface area (Å²) in [6.07, 6.45) is 0. The summed E-state index contributed by atoms with van der Waals surface area (Å²) in [6.45, 7) is 8.09. The van der Waals surface area contributed by atoms with Gasteiger partial charge in [0.2, 0.25) is 0 Å². The van der Waals surface area contributed by atoms with Gasteiger partial charge in [0.1, 0.15) is 5.75 Å². The molecule has 0 saturated carbocycles. The molecule has 21 heavy (non-hydrogen) atoms. The van der Waals surface area contributed by atoms with Crippen molar-refractivity contribution in [2.45, 2.75) is 27.7 Å². The number of nitrogens with zero attached hydrogens (tertiary/aromatic N) is 3. The average Bonchev–Trinajstić information content (AvgIpc) is 2.68. The van der Waals surface area contributed by atoms with Gasteiger partial charge < -0.3 is 10.0 Å². The summed E-state index contributed by atoms with van der Waals surface area (Å²) in [6, 6.07) is 5.05. The Morgan fingerprint density at radius 1 is 1.33 bits per heavy atom. The van der Waals surface area contributed by atoms with Gasteiger partial charge in [-0.2, -0.15) is 5.10 Å². The summed E-state index contributed by atoms with van der Waals surface area (Å²) in [7, 11) is 1.83. The van der Waals surface area contributed by atoms with Crippen LogP contribution in [-0.4, -0.2) is 27.3 Å². The van der Waals surface area contributed by atoms with E-state index >= 15 is 0 Å². The fourth-order valence-corrected chi connectivity index (χ4v) is 2.53. The standard InChI is InChI=1S/C16H21N3O2/c1-6-19(14-9-13(20)8-7-10(14)2)16(21)15-11(3)17-18(5)12(15)4/h7-9,20H,6H2,1-5H3. The molecule has 0 aliphatic carbocycles. The number of phenolic OH excluding ortho intramolecular Hbond substituents is 1. The fraction of sp³-hybridized carbons (Fsp3) is 0.375. The Hall–Kier alpha value is -2.30. The minimum absolute atomic E-state index is 0.0886. The van der Waals surface area contributed by atoms with Gasteiger partial charge in [-0.3, -0.25) is 9.48 Å². The fourth-order valence-electron chi connectivity index (χ4n) is 2.53. The van der Waals surface area contributed by atoms with Gasteiger partial charge in [-0.15, -0.1) is 0 Å². The van der Waals surface area contributed by atoms with Gasteiger partial charge >= 0.3 is 0 Å². The monoisotopic (exact) mass is 287 g/mol. The number of carbonyl (C=O) groups excluding carboxylic acids is 1. The number of benzene rings is 1. The molecule has 5 heteroatoms. The minimum atomic E-state index is -0.0886. The van der Waals surface area contributed by atoms with E-state index in [0.717, 1.165) is 22.6 Å². The highest BCUT2D eigenvalue weighted by Crippen LogP contribution is 2.27. The average molecular weight is 287 g/mol. The second-order valence-electron chi connectivity index (χ2n) is 5.19. The van der Waals surface area contributed by atoms with Crippen molar-refractivity contribution in [2.24, 2.45) is 7.05 Å². The van der Waals surface area contributed by atoms with Crippen LogP contribution in [0, 0.1) is 20.8 Å². The lowest BCUT2D eigenvalue weighted by atomic mass is 10.1. The van der Waals surface area contributed by atoms with E-state index in [1.54, 1.807) is 21.7 Å². The molecule has 0 bridgehead atoms. The van der Waals surface area contributed by atoms with Crippen molar-refractivity contribution >= 4 is 11.6 Å². The molecule has 0 fully saturated rings. The van der Waals surface area contributed by atoms with Crippen LogP contribution in [0.1, 0.15) is 34.2 Å². The maximum absolute atomic E-state index is 12.9. The molecule has 1 N–H and O–H groups in total. The van der Waals surface area contributed by atoms with Crippen molar-refractivity contribution < 1.29 is 9.90 Å². The number of aromatic hydroxyl groups is 1. The van der Waals surface area contributed by atoms with Crippen molar-refractivity contribution in [3.63, 3.8) is 0 Å². The molecular formula is C16H21N3O2. The molecule has 1 aromatic carbocycles. The van der Waals surface area contributed by atoms with E-state index in [1.807, 2.05) is 40.8 Å². The Balaban J connectivity index is 2.51. The Bertz CT molecular complexity index is 689. The number of hydrogen-bond acceptors (Lipinski definition) is 3. The van der Waals surface area contributed by atoms with E-state index in [2.05, 4.69) is 5.10 Å². The molecule has 2 rings (SSSR count). The Morgan fingerprint density at radius 2 is 2.00 bits per heavy atom. The molecule has 0 aliphatic rings. The lowest BCUT2D eigenvalue weighted by Gasteiger charge is -2.23. The van der Waals surface area contributed by atoms with E-state index < -0.39 is 0 Å². The van der Waals surface area contributed by atoms with E-state index in [-0.39, 0.29) is 11.7 Å². The first-order valence-corrected chi connectivity index (χ1v) is 6.98. The molecule has 5 nitrogen and oxygen atoms in total. The maximum atomic E-state index is 12.9. The molecule has 0 saturated heterocycles. The molecule has 112 valence electrons. The first-order valence-electron chi connectivity index (χ1n) is 6.98. The third-order valence-corrected chi connectivity index (χ3v) is 3.77. The summed E-state index contributed by atoms with van der Waals surface area (Å²) >= 11 is 0. The zero-order valence-electron chi connectivity index (χ0n) is 13.1. The number of rotatable bonds is 3. The number of carbonyl (C=O) groups is 1. The lowest BCUT2D eigenvalue weighted by Crippen LogP contribution is -2.32. The summed E-state index contributed by atoms with van der Waals surface area (Å²) in [4.78, 5) is 14.6. The van der Waals surface area contributed by atoms with Crippen LogP contribution >= 0.6 is 0 Å². The predicted octanol–water partition coefficient (Wildman–Crippen LogP) is 2.72. The molecule has 2 aromatic rings. The van der Waals surface area contributed by atoms with Crippen LogP contribution in [0.3, 0.4) is 0 Å². The SMILES string of the molecule is CCN(C(=O)c1c(C)nn(C)c1C)c1cc(O)ccc1C. The highest BCUT2D eigenvalue weighted by molar-refractivity contribution is 6.08. The van der Waals surface area contributed by atoms with E-state index in [4.69, 9.17) is 0 Å².